The van der Waals surface area contributed by atoms with Crippen molar-refractivity contribution in [1.82, 2.24) is 19.4 Å². The van der Waals surface area contributed by atoms with Gasteiger partial charge in [0, 0.05) is 31.1 Å². The van der Waals surface area contributed by atoms with Crippen LogP contribution in [0.2, 0.25) is 0 Å². The number of alkyl halides is 3. The van der Waals surface area contributed by atoms with Crippen LogP contribution in [0, 0.1) is 19.7 Å². The third-order valence-electron chi connectivity index (χ3n) is 7.29. The molecule has 0 bridgehead atoms. The van der Waals surface area contributed by atoms with Crippen LogP contribution in [0.4, 0.5) is 17.6 Å². The van der Waals surface area contributed by atoms with Gasteiger partial charge in [-0.2, -0.15) is 18.3 Å². The Labute approximate surface area is 217 Å². The lowest BCUT2D eigenvalue weighted by atomic mass is 10.0. The Morgan fingerprint density at radius 2 is 1.76 bits per heavy atom. The SMILES string of the molecule is Cc1ccc(C(F)(F)F)c(CN2CCC(n3nc(C)c4cc(C(=O)NS(=O)(=O)C5CC5)c(F)cc43)CC2)c1. The molecular weight excluding hydrogens is 524 g/mol. The molecule has 0 unspecified atom stereocenters. The number of aryl methyl sites for hydroxylation is 2. The molecule has 1 amide bonds. The average Bonchev–Trinajstić information content (AvgIpc) is 3.64. The lowest BCUT2D eigenvalue weighted by molar-refractivity contribution is -0.138. The molecule has 0 spiro atoms. The van der Waals surface area contributed by atoms with Crippen LogP contribution in [-0.4, -0.2) is 47.3 Å². The Balaban J connectivity index is 1.32. The molecule has 1 aliphatic heterocycles. The number of aromatic nitrogens is 2. The number of piperidine rings is 1. The number of amides is 1. The molecule has 1 N–H and O–H groups in total. The summed E-state index contributed by atoms with van der Waals surface area (Å²) in [4.78, 5) is 14.5. The molecule has 1 saturated carbocycles. The lowest BCUT2D eigenvalue weighted by Crippen LogP contribution is -2.35. The minimum Gasteiger partial charge on any atom is -0.299 e. The topological polar surface area (TPSA) is 84.3 Å². The third-order valence-corrected chi connectivity index (χ3v) is 9.10. The van der Waals surface area contributed by atoms with E-state index in [-0.39, 0.29) is 23.7 Å². The van der Waals surface area contributed by atoms with Gasteiger partial charge in [0.1, 0.15) is 5.82 Å². The van der Waals surface area contributed by atoms with E-state index < -0.39 is 38.7 Å². The molecule has 12 heteroatoms. The van der Waals surface area contributed by atoms with E-state index in [1.165, 1.54) is 18.2 Å². The first kappa shape index (κ1) is 26.6. The Bertz CT molecular complexity index is 1500. The van der Waals surface area contributed by atoms with Crippen LogP contribution in [-0.2, 0) is 22.7 Å². The summed E-state index contributed by atoms with van der Waals surface area (Å²) in [6, 6.07) is 6.59. The molecule has 1 aliphatic carbocycles. The molecular formula is C26H28F4N4O3S. The number of hydrogen-bond acceptors (Lipinski definition) is 5. The van der Waals surface area contributed by atoms with Crippen LogP contribution >= 0.6 is 0 Å². The Hall–Kier alpha value is -2.99. The highest BCUT2D eigenvalue weighted by Gasteiger charge is 2.38. The summed E-state index contributed by atoms with van der Waals surface area (Å²) in [5, 5.41) is 4.50. The van der Waals surface area contributed by atoms with Crippen molar-refractivity contribution in [3.05, 3.63) is 64.1 Å². The summed E-state index contributed by atoms with van der Waals surface area (Å²) in [5.41, 5.74) is 1.07. The Kier molecular flexibility index (Phi) is 6.75. The average molecular weight is 553 g/mol. The molecule has 3 aromatic rings. The smallest absolute Gasteiger partial charge is 0.299 e. The second-order valence-corrected chi connectivity index (χ2v) is 12.2. The van der Waals surface area contributed by atoms with Crippen LogP contribution in [0.3, 0.4) is 0 Å². The Morgan fingerprint density at radius 1 is 1.08 bits per heavy atom. The largest absolute Gasteiger partial charge is 0.416 e. The predicted octanol–water partition coefficient (Wildman–Crippen LogP) is 4.87. The minimum atomic E-state index is -4.42. The summed E-state index contributed by atoms with van der Waals surface area (Å²) < 4.78 is 83.4. The lowest BCUT2D eigenvalue weighted by Gasteiger charge is -2.33. The second-order valence-electron chi connectivity index (χ2n) is 10.2. The monoisotopic (exact) mass is 552 g/mol. The van der Waals surface area contributed by atoms with E-state index in [9.17, 15) is 30.8 Å². The maximum Gasteiger partial charge on any atom is 0.416 e. The molecule has 7 nitrogen and oxygen atoms in total. The van der Waals surface area contributed by atoms with Crippen LogP contribution < -0.4 is 4.72 Å². The molecule has 204 valence electrons. The fourth-order valence-corrected chi connectivity index (χ4v) is 6.39. The van der Waals surface area contributed by atoms with Crippen LogP contribution in [0.5, 0.6) is 0 Å². The van der Waals surface area contributed by atoms with Gasteiger partial charge >= 0.3 is 6.18 Å². The second kappa shape index (κ2) is 9.64. The van der Waals surface area contributed by atoms with Crippen molar-refractivity contribution in [1.29, 1.82) is 0 Å². The van der Waals surface area contributed by atoms with Gasteiger partial charge < -0.3 is 0 Å². The molecule has 5 rings (SSSR count). The third kappa shape index (κ3) is 5.28. The van der Waals surface area contributed by atoms with Gasteiger partial charge in [0.25, 0.3) is 5.91 Å². The van der Waals surface area contributed by atoms with Crippen molar-refractivity contribution in [3.63, 3.8) is 0 Å². The number of likely N-dealkylation sites (tertiary alicyclic amines) is 1. The van der Waals surface area contributed by atoms with Crippen LogP contribution in [0.25, 0.3) is 10.9 Å². The van der Waals surface area contributed by atoms with E-state index in [1.807, 2.05) is 9.62 Å². The fraction of sp³-hybridized carbons (Fsp3) is 0.462. The van der Waals surface area contributed by atoms with E-state index >= 15 is 0 Å². The normalized spacial score (nSPS) is 17.7. The van der Waals surface area contributed by atoms with Crippen LogP contribution in [0.15, 0.2) is 30.3 Å². The molecule has 2 aromatic carbocycles. The van der Waals surface area contributed by atoms with Crippen molar-refractivity contribution in [2.24, 2.45) is 0 Å². The first-order valence-electron chi connectivity index (χ1n) is 12.5. The molecule has 38 heavy (non-hydrogen) atoms. The number of fused-ring (bicyclic) bond motifs is 1. The van der Waals surface area contributed by atoms with E-state index in [0.717, 1.165) is 11.6 Å². The van der Waals surface area contributed by atoms with Crippen molar-refractivity contribution in [2.75, 3.05) is 13.1 Å². The molecule has 2 heterocycles. The predicted molar refractivity (Wildman–Crippen MR) is 134 cm³/mol. The molecule has 0 atom stereocenters. The standard InChI is InChI=1S/C26H28F4N4O3S/c1-15-3-6-22(26(28,29)30)17(11-15)14-33-9-7-18(8-10-33)34-24-13-23(27)21(12-20(24)16(2)31-34)25(35)32-38(36,37)19-4-5-19/h3,6,11-13,18-19H,4-5,7-10,14H2,1-2H3,(H,32,35). The van der Waals surface area contributed by atoms with Gasteiger partial charge in [0.15, 0.2) is 0 Å². The number of carbonyl (C=O) groups is 1. The van der Waals surface area contributed by atoms with Gasteiger partial charge in [0.05, 0.1) is 33.6 Å². The molecule has 2 aliphatic rings. The first-order chi connectivity index (χ1) is 17.8. The number of rotatable bonds is 6. The fourth-order valence-electron chi connectivity index (χ4n) is 5.10. The number of nitrogens with zero attached hydrogens (tertiary/aromatic N) is 3. The van der Waals surface area contributed by atoms with Gasteiger partial charge in [-0.05, 0) is 57.2 Å². The van der Waals surface area contributed by atoms with E-state index in [4.69, 9.17) is 0 Å². The first-order valence-corrected chi connectivity index (χ1v) is 14.0. The minimum absolute atomic E-state index is 0.101. The summed E-state index contributed by atoms with van der Waals surface area (Å²) in [6.07, 6.45) is -2.26. The zero-order chi connectivity index (χ0) is 27.4. The number of sulfonamides is 1. The summed E-state index contributed by atoms with van der Waals surface area (Å²) >= 11 is 0. The molecule has 2 fully saturated rings. The maximum absolute atomic E-state index is 15.0. The van der Waals surface area contributed by atoms with Crippen molar-refractivity contribution in [3.8, 4) is 0 Å². The van der Waals surface area contributed by atoms with E-state index in [1.54, 1.807) is 24.6 Å². The van der Waals surface area contributed by atoms with E-state index in [2.05, 4.69) is 5.10 Å². The highest BCUT2D eigenvalue weighted by Crippen LogP contribution is 2.35. The van der Waals surface area contributed by atoms with Crippen molar-refractivity contribution < 1.29 is 30.8 Å². The molecule has 0 radical (unpaired) electrons. The Morgan fingerprint density at radius 3 is 2.39 bits per heavy atom. The number of nitrogens with one attached hydrogen (secondary N) is 1. The van der Waals surface area contributed by atoms with Crippen LogP contribution in [0.1, 0.15) is 64.5 Å². The zero-order valence-corrected chi connectivity index (χ0v) is 21.8. The molecule has 1 saturated heterocycles. The zero-order valence-electron chi connectivity index (χ0n) is 21.0. The molecule has 1 aromatic heterocycles. The number of carbonyl (C=O) groups excluding carboxylic acids is 1. The van der Waals surface area contributed by atoms with E-state index in [0.29, 0.717) is 55.4 Å². The van der Waals surface area contributed by atoms with Crippen molar-refractivity contribution in [2.45, 2.75) is 63.5 Å². The van der Waals surface area contributed by atoms with Gasteiger partial charge in [-0.1, -0.05) is 17.7 Å². The maximum atomic E-state index is 15.0. The van der Waals surface area contributed by atoms with Gasteiger partial charge in [-0.3, -0.25) is 14.4 Å². The summed E-state index contributed by atoms with van der Waals surface area (Å²) in [7, 11) is -3.82. The quantitative estimate of drug-likeness (QED) is 0.441. The highest BCUT2D eigenvalue weighted by atomic mass is 32.2. The van der Waals surface area contributed by atoms with Gasteiger partial charge in [-0.25, -0.2) is 17.5 Å². The number of hydrogen-bond donors (Lipinski definition) is 1. The van der Waals surface area contributed by atoms with Crippen molar-refractivity contribution >= 4 is 26.8 Å². The highest BCUT2D eigenvalue weighted by molar-refractivity contribution is 7.91. The van der Waals surface area contributed by atoms with Gasteiger partial charge in [-0.15, -0.1) is 0 Å². The number of halogens is 4. The summed E-state index contributed by atoms with van der Waals surface area (Å²) in [5.74, 6) is -1.86. The van der Waals surface area contributed by atoms with Gasteiger partial charge in [0.2, 0.25) is 10.0 Å². The summed E-state index contributed by atoms with van der Waals surface area (Å²) in [6.45, 7) is 4.75. The number of benzene rings is 2.